The van der Waals surface area contributed by atoms with Gasteiger partial charge in [0, 0.05) is 23.1 Å². The zero-order valence-electron chi connectivity index (χ0n) is 11.3. The molecule has 0 radical (unpaired) electrons. The molecule has 3 heteroatoms. The van der Waals surface area contributed by atoms with E-state index in [4.69, 9.17) is 17.3 Å². The molecule has 0 heterocycles. The highest BCUT2D eigenvalue weighted by Gasteiger charge is 2.33. The Hall–Kier alpha value is -0.570. The van der Waals surface area contributed by atoms with Gasteiger partial charge in [0.25, 0.3) is 0 Å². The van der Waals surface area contributed by atoms with Crippen molar-refractivity contribution in [2.24, 2.45) is 5.73 Å². The minimum Gasteiger partial charge on any atom is -0.328 e. The minimum atomic E-state index is 0.440. The summed E-state index contributed by atoms with van der Waals surface area (Å²) in [5.41, 5.74) is 7.27. The SMILES string of the molecule is NC1CCC(NC2CC(c3ccccc3Cl)C2)CC1. The van der Waals surface area contributed by atoms with Crippen molar-refractivity contribution >= 4 is 11.6 Å². The number of halogens is 1. The summed E-state index contributed by atoms with van der Waals surface area (Å²) in [4.78, 5) is 0. The van der Waals surface area contributed by atoms with Gasteiger partial charge >= 0.3 is 0 Å². The van der Waals surface area contributed by atoms with Crippen LogP contribution in [0.5, 0.6) is 0 Å². The molecule has 0 spiro atoms. The van der Waals surface area contributed by atoms with Crippen LogP contribution in [0.3, 0.4) is 0 Å². The van der Waals surface area contributed by atoms with Gasteiger partial charge in [0.15, 0.2) is 0 Å². The van der Waals surface area contributed by atoms with Crippen LogP contribution in [0, 0.1) is 0 Å². The molecular formula is C16H23ClN2. The van der Waals surface area contributed by atoms with Gasteiger partial charge < -0.3 is 11.1 Å². The summed E-state index contributed by atoms with van der Waals surface area (Å²) in [6, 6.07) is 10.1. The molecule has 3 rings (SSSR count). The third-order valence-electron chi connectivity index (χ3n) is 4.73. The van der Waals surface area contributed by atoms with E-state index in [2.05, 4.69) is 17.4 Å². The normalized spacial score (nSPS) is 34.8. The molecule has 0 bridgehead atoms. The highest BCUT2D eigenvalue weighted by Crippen LogP contribution is 2.40. The Morgan fingerprint density at radius 1 is 1.00 bits per heavy atom. The van der Waals surface area contributed by atoms with Crippen LogP contribution in [0.4, 0.5) is 0 Å². The van der Waals surface area contributed by atoms with E-state index in [0.29, 0.717) is 24.0 Å². The Labute approximate surface area is 120 Å². The lowest BCUT2D eigenvalue weighted by Crippen LogP contribution is -2.47. The van der Waals surface area contributed by atoms with E-state index in [1.54, 1.807) is 0 Å². The Balaban J connectivity index is 1.47. The fourth-order valence-electron chi connectivity index (χ4n) is 3.43. The minimum absolute atomic E-state index is 0.440. The van der Waals surface area contributed by atoms with Gasteiger partial charge in [-0.25, -0.2) is 0 Å². The van der Waals surface area contributed by atoms with Crippen LogP contribution in [0.2, 0.25) is 5.02 Å². The summed E-state index contributed by atoms with van der Waals surface area (Å²) >= 11 is 6.25. The maximum absolute atomic E-state index is 6.25. The number of rotatable bonds is 3. The van der Waals surface area contributed by atoms with E-state index in [1.165, 1.54) is 44.1 Å². The van der Waals surface area contributed by atoms with Crippen LogP contribution in [0.25, 0.3) is 0 Å². The van der Waals surface area contributed by atoms with Crippen molar-refractivity contribution < 1.29 is 0 Å². The Morgan fingerprint density at radius 3 is 2.37 bits per heavy atom. The van der Waals surface area contributed by atoms with Gasteiger partial charge in [-0.05, 0) is 56.1 Å². The maximum Gasteiger partial charge on any atom is 0.0440 e. The first kappa shape index (κ1) is 13.4. The molecule has 1 aromatic carbocycles. The zero-order valence-corrected chi connectivity index (χ0v) is 12.1. The molecule has 2 aliphatic rings. The third kappa shape index (κ3) is 3.13. The lowest BCUT2D eigenvalue weighted by atomic mass is 9.75. The molecule has 2 aliphatic carbocycles. The first-order valence-electron chi connectivity index (χ1n) is 7.48. The van der Waals surface area contributed by atoms with E-state index in [0.717, 1.165) is 5.02 Å². The van der Waals surface area contributed by atoms with Gasteiger partial charge in [-0.1, -0.05) is 29.8 Å². The molecule has 0 aliphatic heterocycles. The van der Waals surface area contributed by atoms with Gasteiger partial charge in [0.1, 0.15) is 0 Å². The van der Waals surface area contributed by atoms with Gasteiger partial charge in [0.2, 0.25) is 0 Å². The molecule has 0 unspecified atom stereocenters. The summed E-state index contributed by atoms with van der Waals surface area (Å²) in [5.74, 6) is 0.650. The molecule has 2 fully saturated rings. The number of benzene rings is 1. The van der Waals surface area contributed by atoms with Crippen LogP contribution in [0.15, 0.2) is 24.3 Å². The third-order valence-corrected chi connectivity index (χ3v) is 5.07. The van der Waals surface area contributed by atoms with E-state index >= 15 is 0 Å². The number of hydrogen-bond donors (Lipinski definition) is 2. The molecule has 0 atom stereocenters. The van der Waals surface area contributed by atoms with Gasteiger partial charge in [-0.3, -0.25) is 0 Å². The van der Waals surface area contributed by atoms with Crippen LogP contribution in [-0.2, 0) is 0 Å². The first-order chi connectivity index (χ1) is 9.22. The first-order valence-corrected chi connectivity index (χ1v) is 7.86. The van der Waals surface area contributed by atoms with Crippen molar-refractivity contribution in [3.05, 3.63) is 34.9 Å². The molecule has 1 aromatic rings. The summed E-state index contributed by atoms with van der Waals surface area (Å²) < 4.78 is 0. The lowest BCUT2D eigenvalue weighted by molar-refractivity contribution is 0.232. The predicted octanol–water partition coefficient (Wildman–Crippen LogP) is 3.45. The highest BCUT2D eigenvalue weighted by atomic mass is 35.5. The van der Waals surface area contributed by atoms with Gasteiger partial charge in [-0.15, -0.1) is 0 Å². The highest BCUT2D eigenvalue weighted by molar-refractivity contribution is 6.31. The summed E-state index contributed by atoms with van der Waals surface area (Å²) in [7, 11) is 0. The largest absolute Gasteiger partial charge is 0.328 e. The van der Waals surface area contributed by atoms with Crippen molar-refractivity contribution in [1.82, 2.24) is 5.32 Å². The number of hydrogen-bond acceptors (Lipinski definition) is 2. The van der Waals surface area contributed by atoms with Crippen LogP contribution >= 0.6 is 11.6 Å². The topological polar surface area (TPSA) is 38.0 Å². The smallest absolute Gasteiger partial charge is 0.0440 e. The molecule has 0 saturated heterocycles. The molecule has 2 nitrogen and oxygen atoms in total. The molecule has 19 heavy (non-hydrogen) atoms. The summed E-state index contributed by atoms with van der Waals surface area (Å²) in [6.07, 6.45) is 7.30. The van der Waals surface area contributed by atoms with E-state index in [-0.39, 0.29) is 0 Å². The van der Waals surface area contributed by atoms with Crippen molar-refractivity contribution in [1.29, 1.82) is 0 Å². The monoisotopic (exact) mass is 278 g/mol. The van der Waals surface area contributed by atoms with Crippen molar-refractivity contribution in [3.8, 4) is 0 Å². The Morgan fingerprint density at radius 2 is 1.68 bits per heavy atom. The number of nitrogens with one attached hydrogen (secondary N) is 1. The van der Waals surface area contributed by atoms with Crippen LogP contribution < -0.4 is 11.1 Å². The second-order valence-electron chi connectivity index (χ2n) is 6.17. The fraction of sp³-hybridized carbons (Fsp3) is 0.625. The van der Waals surface area contributed by atoms with Crippen LogP contribution in [-0.4, -0.2) is 18.1 Å². The van der Waals surface area contributed by atoms with Gasteiger partial charge in [0.05, 0.1) is 0 Å². The molecule has 2 saturated carbocycles. The fourth-order valence-corrected chi connectivity index (χ4v) is 3.72. The van der Waals surface area contributed by atoms with E-state index in [1.807, 2.05) is 12.1 Å². The van der Waals surface area contributed by atoms with E-state index in [9.17, 15) is 0 Å². The van der Waals surface area contributed by atoms with E-state index < -0.39 is 0 Å². The lowest BCUT2D eigenvalue weighted by Gasteiger charge is -2.40. The second kappa shape index (κ2) is 5.82. The average Bonchev–Trinajstić information content (AvgIpc) is 2.37. The molecular weight excluding hydrogens is 256 g/mol. The molecule has 0 amide bonds. The van der Waals surface area contributed by atoms with Crippen LogP contribution in [0.1, 0.15) is 50.0 Å². The summed E-state index contributed by atoms with van der Waals surface area (Å²) in [5, 5.41) is 4.72. The summed E-state index contributed by atoms with van der Waals surface area (Å²) in [6.45, 7) is 0. The number of nitrogens with two attached hydrogens (primary N) is 1. The van der Waals surface area contributed by atoms with Gasteiger partial charge in [-0.2, -0.15) is 0 Å². The van der Waals surface area contributed by atoms with Crippen molar-refractivity contribution in [3.63, 3.8) is 0 Å². The molecule has 0 aromatic heterocycles. The maximum atomic E-state index is 6.25. The second-order valence-corrected chi connectivity index (χ2v) is 6.57. The predicted molar refractivity (Wildman–Crippen MR) is 80.6 cm³/mol. The zero-order chi connectivity index (χ0) is 13.2. The average molecular weight is 279 g/mol. The molecule has 3 N–H and O–H groups in total. The van der Waals surface area contributed by atoms with Crippen molar-refractivity contribution in [2.75, 3.05) is 0 Å². The Kier molecular flexibility index (Phi) is 4.11. The standard InChI is InChI=1S/C16H23ClN2/c17-16-4-2-1-3-15(16)11-9-14(10-11)19-13-7-5-12(18)6-8-13/h1-4,11-14,19H,5-10,18H2. The quantitative estimate of drug-likeness (QED) is 0.889. The van der Waals surface area contributed by atoms with Crippen molar-refractivity contribution in [2.45, 2.75) is 62.6 Å². The Bertz CT molecular complexity index is 421. The molecule has 104 valence electrons.